The van der Waals surface area contributed by atoms with E-state index in [0.717, 1.165) is 12.3 Å². The van der Waals surface area contributed by atoms with Gasteiger partial charge in [0.05, 0.1) is 5.52 Å². The van der Waals surface area contributed by atoms with Crippen molar-refractivity contribution in [3.63, 3.8) is 0 Å². The number of halogens is 2. The summed E-state index contributed by atoms with van der Waals surface area (Å²) >= 11 is 0. The number of nitrogens with one attached hydrogen (secondary N) is 1. The summed E-state index contributed by atoms with van der Waals surface area (Å²) in [5.41, 5.74) is -0.366. The highest BCUT2D eigenvalue weighted by molar-refractivity contribution is 5.88. The highest BCUT2D eigenvalue weighted by Crippen LogP contribution is 2.24. The van der Waals surface area contributed by atoms with Gasteiger partial charge in [0, 0.05) is 11.8 Å². The van der Waals surface area contributed by atoms with E-state index in [-0.39, 0.29) is 16.7 Å². The number of carboxylic acids is 1. The first-order valence-corrected chi connectivity index (χ1v) is 3.95. The van der Waals surface area contributed by atoms with Crippen LogP contribution in [0.15, 0.2) is 12.3 Å². The van der Waals surface area contributed by atoms with Gasteiger partial charge in [0.15, 0.2) is 5.65 Å². The number of carbonyl (C=O) groups is 1. The third-order valence-electron chi connectivity index (χ3n) is 1.86. The first kappa shape index (κ1) is 9.50. The van der Waals surface area contributed by atoms with Crippen LogP contribution < -0.4 is 0 Å². The molecule has 0 amide bonds. The fraction of sp³-hybridized carbons (Fsp3) is 0.125. The second-order valence-electron chi connectivity index (χ2n) is 2.79. The average Bonchev–Trinajstić information content (AvgIpc) is 2.60. The second kappa shape index (κ2) is 3.26. The quantitative estimate of drug-likeness (QED) is 0.793. The number of aromatic carboxylic acids is 1. The standard InChI is InChI=1S/C8H5F2N3O2/c9-5(10)3-1-2-11-6-4(3)12-7(13-6)8(14)15/h1-2,5H,(H,14,15)(H,11,12,13). The molecule has 0 saturated carbocycles. The molecule has 5 nitrogen and oxygen atoms in total. The van der Waals surface area contributed by atoms with Gasteiger partial charge in [-0.3, -0.25) is 0 Å². The lowest BCUT2D eigenvalue weighted by molar-refractivity contribution is 0.0685. The molecule has 0 aliphatic rings. The number of rotatable bonds is 2. The number of alkyl halides is 2. The third kappa shape index (κ3) is 1.51. The summed E-state index contributed by atoms with van der Waals surface area (Å²) in [7, 11) is 0. The molecule has 2 N–H and O–H groups in total. The molecule has 0 unspecified atom stereocenters. The van der Waals surface area contributed by atoms with Crippen molar-refractivity contribution in [2.24, 2.45) is 0 Å². The van der Waals surface area contributed by atoms with Gasteiger partial charge in [0.1, 0.15) is 0 Å². The van der Waals surface area contributed by atoms with Gasteiger partial charge in [-0.15, -0.1) is 0 Å². The van der Waals surface area contributed by atoms with Gasteiger partial charge >= 0.3 is 5.97 Å². The third-order valence-corrected chi connectivity index (χ3v) is 1.86. The van der Waals surface area contributed by atoms with Crippen LogP contribution in [0.2, 0.25) is 0 Å². The Bertz CT molecular complexity index is 524. The Hall–Kier alpha value is -2.05. The Balaban J connectivity index is 2.69. The van der Waals surface area contributed by atoms with Crippen LogP contribution >= 0.6 is 0 Å². The summed E-state index contributed by atoms with van der Waals surface area (Å²) in [6.07, 6.45) is -1.53. The summed E-state index contributed by atoms with van der Waals surface area (Å²) in [4.78, 5) is 20.1. The molecular formula is C8H5F2N3O2. The van der Waals surface area contributed by atoms with Crippen molar-refractivity contribution in [1.29, 1.82) is 0 Å². The summed E-state index contributed by atoms with van der Waals surface area (Å²) in [5, 5.41) is 8.61. The molecule has 0 aliphatic carbocycles. The van der Waals surface area contributed by atoms with Gasteiger partial charge in [-0.05, 0) is 6.07 Å². The molecule has 2 heterocycles. The molecule has 0 aliphatic heterocycles. The summed E-state index contributed by atoms with van der Waals surface area (Å²) in [6, 6.07) is 1.12. The summed E-state index contributed by atoms with van der Waals surface area (Å²) in [5.74, 6) is -1.71. The number of pyridine rings is 1. The molecule has 0 atom stereocenters. The lowest BCUT2D eigenvalue weighted by Crippen LogP contribution is -1.98. The largest absolute Gasteiger partial charge is 0.475 e. The van der Waals surface area contributed by atoms with E-state index >= 15 is 0 Å². The molecule has 0 spiro atoms. The Morgan fingerprint density at radius 3 is 2.87 bits per heavy atom. The zero-order chi connectivity index (χ0) is 11.0. The SMILES string of the molecule is O=C(O)c1nc2nccc(C(F)F)c2[nH]1. The fourth-order valence-corrected chi connectivity index (χ4v) is 1.21. The zero-order valence-electron chi connectivity index (χ0n) is 7.24. The average molecular weight is 213 g/mol. The number of carboxylic acid groups (broad SMARTS) is 1. The maximum absolute atomic E-state index is 12.5. The number of fused-ring (bicyclic) bond motifs is 1. The van der Waals surface area contributed by atoms with E-state index in [4.69, 9.17) is 5.11 Å². The lowest BCUT2D eigenvalue weighted by atomic mass is 10.2. The van der Waals surface area contributed by atoms with Crippen molar-refractivity contribution < 1.29 is 18.7 Å². The zero-order valence-corrected chi connectivity index (χ0v) is 7.24. The first-order valence-electron chi connectivity index (χ1n) is 3.95. The van der Waals surface area contributed by atoms with E-state index in [1.54, 1.807) is 0 Å². The van der Waals surface area contributed by atoms with Gasteiger partial charge in [0.25, 0.3) is 6.43 Å². The smallest absolute Gasteiger partial charge is 0.371 e. The van der Waals surface area contributed by atoms with Gasteiger partial charge in [0.2, 0.25) is 5.82 Å². The second-order valence-corrected chi connectivity index (χ2v) is 2.79. The van der Waals surface area contributed by atoms with Gasteiger partial charge in [-0.1, -0.05) is 0 Å². The maximum atomic E-state index is 12.5. The van der Waals surface area contributed by atoms with Crippen molar-refractivity contribution in [3.05, 3.63) is 23.7 Å². The molecule has 2 aromatic rings. The Labute approximate surface area is 81.8 Å². The molecule has 0 bridgehead atoms. The lowest BCUT2D eigenvalue weighted by Gasteiger charge is -1.98. The molecule has 2 rings (SSSR count). The maximum Gasteiger partial charge on any atom is 0.371 e. The number of hydrogen-bond donors (Lipinski definition) is 2. The van der Waals surface area contributed by atoms with Crippen LogP contribution in [0.3, 0.4) is 0 Å². The van der Waals surface area contributed by atoms with Gasteiger partial charge < -0.3 is 10.1 Å². The first-order chi connectivity index (χ1) is 7.09. The Kier molecular flexibility index (Phi) is 2.07. The Morgan fingerprint density at radius 2 is 2.27 bits per heavy atom. The number of imidazole rings is 1. The monoisotopic (exact) mass is 213 g/mol. The molecule has 0 saturated heterocycles. The predicted molar refractivity (Wildman–Crippen MR) is 45.8 cm³/mol. The summed E-state index contributed by atoms with van der Waals surface area (Å²) in [6.45, 7) is 0. The van der Waals surface area contributed by atoms with Crippen molar-refractivity contribution in [1.82, 2.24) is 15.0 Å². The van der Waals surface area contributed by atoms with Crippen molar-refractivity contribution in [2.45, 2.75) is 6.43 Å². The fourth-order valence-electron chi connectivity index (χ4n) is 1.21. The van der Waals surface area contributed by atoms with Crippen LogP contribution in [-0.4, -0.2) is 26.0 Å². The molecule has 0 aromatic carbocycles. The number of H-pyrrole nitrogens is 1. The number of nitrogens with zero attached hydrogens (tertiary/aromatic N) is 2. The van der Waals surface area contributed by atoms with Crippen LogP contribution in [-0.2, 0) is 0 Å². The molecule has 7 heteroatoms. The highest BCUT2D eigenvalue weighted by Gasteiger charge is 2.17. The number of hydrogen-bond acceptors (Lipinski definition) is 3. The molecule has 0 radical (unpaired) electrons. The molecule has 78 valence electrons. The summed E-state index contributed by atoms with van der Waals surface area (Å²) < 4.78 is 25.0. The predicted octanol–water partition coefficient (Wildman–Crippen LogP) is 1.59. The van der Waals surface area contributed by atoms with Crippen LogP contribution in [0.1, 0.15) is 22.6 Å². The van der Waals surface area contributed by atoms with E-state index in [0.29, 0.717) is 0 Å². The van der Waals surface area contributed by atoms with Crippen LogP contribution in [0, 0.1) is 0 Å². The van der Waals surface area contributed by atoms with E-state index in [2.05, 4.69) is 15.0 Å². The molecule has 0 fully saturated rings. The Morgan fingerprint density at radius 1 is 1.53 bits per heavy atom. The minimum atomic E-state index is -2.70. The number of aromatic amines is 1. The van der Waals surface area contributed by atoms with Crippen LogP contribution in [0.25, 0.3) is 11.2 Å². The number of aromatic nitrogens is 3. The van der Waals surface area contributed by atoms with Gasteiger partial charge in [-0.25, -0.2) is 23.5 Å². The van der Waals surface area contributed by atoms with E-state index in [1.807, 2.05) is 0 Å². The van der Waals surface area contributed by atoms with Crippen molar-refractivity contribution >= 4 is 17.1 Å². The molecule has 15 heavy (non-hydrogen) atoms. The topological polar surface area (TPSA) is 78.9 Å². The minimum absolute atomic E-state index is 0.0230. The van der Waals surface area contributed by atoms with E-state index < -0.39 is 18.2 Å². The molecular weight excluding hydrogens is 208 g/mol. The highest BCUT2D eigenvalue weighted by atomic mass is 19.3. The van der Waals surface area contributed by atoms with Crippen LogP contribution in [0.5, 0.6) is 0 Å². The van der Waals surface area contributed by atoms with Crippen LogP contribution in [0.4, 0.5) is 8.78 Å². The van der Waals surface area contributed by atoms with E-state index in [1.165, 1.54) is 0 Å². The van der Waals surface area contributed by atoms with Crippen molar-refractivity contribution in [2.75, 3.05) is 0 Å². The molecule has 2 aromatic heterocycles. The van der Waals surface area contributed by atoms with Gasteiger partial charge in [-0.2, -0.15) is 0 Å². The van der Waals surface area contributed by atoms with Crippen molar-refractivity contribution in [3.8, 4) is 0 Å². The minimum Gasteiger partial charge on any atom is -0.475 e. The van der Waals surface area contributed by atoms with E-state index in [9.17, 15) is 13.6 Å². The normalized spacial score (nSPS) is 11.1.